The van der Waals surface area contributed by atoms with Crippen molar-refractivity contribution in [2.45, 2.75) is 40.2 Å². The highest BCUT2D eigenvalue weighted by Gasteiger charge is 2.11. The summed E-state index contributed by atoms with van der Waals surface area (Å²) in [7, 11) is 1.43. The molecule has 0 amide bonds. The number of ether oxygens (including phenoxy) is 1. The van der Waals surface area contributed by atoms with Crippen LogP contribution in [0.3, 0.4) is 0 Å². The molecule has 0 saturated carbocycles. The molecule has 0 saturated heterocycles. The van der Waals surface area contributed by atoms with Crippen LogP contribution in [-0.2, 0) is 22.5 Å². The molecule has 130 valence electrons. The first kappa shape index (κ1) is 17.2. The smallest absolute Gasteiger partial charge is 0.305 e. The molecule has 3 aromatic rings. The van der Waals surface area contributed by atoms with Crippen molar-refractivity contribution in [3.63, 3.8) is 0 Å². The summed E-state index contributed by atoms with van der Waals surface area (Å²) < 4.78 is 6.81. The van der Waals surface area contributed by atoms with E-state index in [1.165, 1.54) is 23.8 Å². The molecule has 3 rings (SSSR count). The van der Waals surface area contributed by atoms with Crippen molar-refractivity contribution >= 4 is 16.9 Å². The lowest BCUT2D eigenvalue weighted by Crippen LogP contribution is -2.06. The Morgan fingerprint density at radius 3 is 2.52 bits per heavy atom. The van der Waals surface area contributed by atoms with E-state index in [1.807, 2.05) is 6.92 Å². The van der Waals surface area contributed by atoms with Gasteiger partial charge in [0.1, 0.15) is 0 Å². The zero-order valence-electron chi connectivity index (χ0n) is 15.3. The van der Waals surface area contributed by atoms with Crippen LogP contribution in [0.25, 0.3) is 10.9 Å². The molecule has 0 N–H and O–H groups in total. The van der Waals surface area contributed by atoms with Crippen molar-refractivity contribution in [3.8, 4) is 0 Å². The fourth-order valence-electron chi connectivity index (χ4n) is 3.26. The van der Waals surface area contributed by atoms with Crippen LogP contribution in [0.5, 0.6) is 0 Å². The summed E-state index contributed by atoms with van der Waals surface area (Å²) in [6, 6.07) is 12.7. The van der Waals surface area contributed by atoms with Gasteiger partial charge in [0.15, 0.2) is 0 Å². The van der Waals surface area contributed by atoms with Crippen LogP contribution in [0.1, 0.15) is 34.4 Å². The standard InChI is InChI=1S/C21H24N2O2/c1-14-6-5-7-15(2)19(14)13-23-20-12-17(9-11-21(24)25-4)8-10-18(20)16(3)22-23/h5-8,10,12H,9,11,13H2,1-4H3. The molecule has 0 bridgehead atoms. The molecule has 0 atom stereocenters. The summed E-state index contributed by atoms with van der Waals surface area (Å²) in [5, 5.41) is 5.91. The van der Waals surface area contributed by atoms with E-state index in [1.54, 1.807) is 0 Å². The van der Waals surface area contributed by atoms with Gasteiger partial charge in [0.25, 0.3) is 0 Å². The summed E-state index contributed by atoms with van der Waals surface area (Å²) >= 11 is 0. The summed E-state index contributed by atoms with van der Waals surface area (Å²) in [6.45, 7) is 7.08. The van der Waals surface area contributed by atoms with Crippen molar-refractivity contribution in [1.29, 1.82) is 0 Å². The van der Waals surface area contributed by atoms with Crippen LogP contribution in [0, 0.1) is 20.8 Å². The van der Waals surface area contributed by atoms with Gasteiger partial charge in [-0.05, 0) is 55.5 Å². The van der Waals surface area contributed by atoms with E-state index < -0.39 is 0 Å². The minimum Gasteiger partial charge on any atom is -0.469 e. The monoisotopic (exact) mass is 336 g/mol. The van der Waals surface area contributed by atoms with Crippen LogP contribution in [-0.4, -0.2) is 22.9 Å². The van der Waals surface area contributed by atoms with Crippen molar-refractivity contribution in [3.05, 3.63) is 64.3 Å². The molecule has 0 unspecified atom stereocenters. The second kappa shape index (κ2) is 7.09. The molecule has 1 aromatic heterocycles. The Morgan fingerprint density at radius 1 is 1.12 bits per heavy atom. The number of aryl methyl sites for hydroxylation is 4. The zero-order chi connectivity index (χ0) is 18.0. The molecule has 0 fully saturated rings. The van der Waals surface area contributed by atoms with Gasteiger partial charge >= 0.3 is 5.97 Å². The number of carbonyl (C=O) groups excluding carboxylic acids is 1. The predicted octanol–water partition coefficient (Wildman–Crippen LogP) is 4.12. The lowest BCUT2D eigenvalue weighted by molar-refractivity contribution is -0.140. The average Bonchev–Trinajstić information content (AvgIpc) is 2.91. The van der Waals surface area contributed by atoms with Crippen LogP contribution in [0.15, 0.2) is 36.4 Å². The second-order valence-electron chi connectivity index (χ2n) is 6.54. The molecular weight excluding hydrogens is 312 g/mol. The number of esters is 1. The minimum absolute atomic E-state index is 0.180. The third-order valence-corrected chi connectivity index (χ3v) is 4.80. The highest BCUT2D eigenvalue weighted by molar-refractivity contribution is 5.82. The van der Waals surface area contributed by atoms with Crippen LogP contribution >= 0.6 is 0 Å². The largest absolute Gasteiger partial charge is 0.469 e. The molecule has 0 aliphatic heterocycles. The number of aromatic nitrogens is 2. The van der Waals surface area contributed by atoms with Crippen molar-refractivity contribution in [2.75, 3.05) is 7.11 Å². The van der Waals surface area contributed by atoms with E-state index >= 15 is 0 Å². The Morgan fingerprint density at radius 2 is 1.84 bits per heavy atom. The number of hydrogen-bond donors (Lipinski definition) is 0. The van der Waals surface area contributed by atoms with Gasteiger partial charge in [-0.2, -0.15) is 5.10 Å². The Bertz CT molecular complexity index is 905. The minimum atomic E-state index is -0.180. The number of benzene rings is 2. The Balaban J connectivity index is 1.96. The van der Waals surface area contributed by atoms with E-state index in [0.717, 1.165) is 28.7 Å². The lowest BCUT2D eigenvalue weighted by Gasteiger charge is -2.11. The molecule has 0 aliphatic rings. The fourth-order valence-corrected chi connectivity index (χ4v) is 3.26. The van der Waals surface area contributed by atoms with Crippen molar-refractivity contribution in [1.82, 2.24) is 9.78 Å². The van der Waals surface area contributed by atoms with Crippen LogP contribution in [0.2, 0.25) is 0 Å². The van der Waals surface area contributed by atoms with Gasteiger partial charge in [0.2, 0.25) is 0 Å². The number of rotatable bonds is 5. The third-order valence-electron chi connectivity index (χ3n) is 4.80. The lowest BCUT2D eigenvalue weighted by atomic mass is 10.0. The number of carbonyl (C=O) groups is 1. The van der Waals surface area contributed by atoms with Gasteiger partial charge in [-0.1, -0.05) is 30.3 Å². The molecule has 2 aromatic carbocycles. The first-order chi connectivity index (χ1) is 12.0. The maximum atomic E-state index is 11.4. The van der Waals surface area contributed by atoms with Gasteiger partial charge in [-0.25, -0.2) is 0 Å². The fraction of sp³-hybridized carbons (Fsp3) is 0.333. The van der Waals surface area contributed by atoms with Crippen molar-refractivity contribution < 1.29 is 9.53 Å². The number of hydrogen-bond acceptors (Lipinski definition) is 3. The van der Waals surface area contributed by atoms with Crippen molar-refractivity contribution in [2.24, 2.45) is 0 Å². The molecule has 25 heavy (non-hydrogen) atoms. The first-order valence-corrected chi connectivity index (χ1v) is 8.57. The Labute approximate surface area is 148 Å². The van der Waals surface area contributed by atoms with E-state index in [2.05, 4.69) is 54.9 Å². The maximum Gasteiger partial charge on any atom is 0.305 e. The highest BCUT2D eigenvalue weighted by Crippen LogP contribution is 2.23. The summed E-state index contributed by atoms with van der Waals surface area (Å²) in [4.78, 5) is 11.4. The summed E-state index contributed by atoms with van der Waals surface area (Å²) in [5.74, 6) is -0.180. The normalized spacial score (nSPS) is 11.0. The molecule has 1 heterocycles. The van der Waals surface area contributed by atoms with E-state index in [9.17, 15) is 4.79 Å². The zero-order valence-corrected chi connectivity index (χ0v) is 15.3. The Hall–Kier alpha value is -2.62. The van der Waals surface area contributed by atoms with Gasteiger partial charge in [-0.3, -0.25) is 9.48 Å². The maximum absolute atomic E-state index is 11.4. The Kier molecular flexibility index (Phi) is 4.88. The number of methoxy groups -OCH3 is 1. The molecule has 0 aliphatic carbocycles. The second-order valence-corrected chi connectivity index (χ2v) is 6.54. The van der Waals surface area contributed by atoms with Gasteiger partial charge in [-0.15, -0.1) is 0 Å². The SMILES string of the molecule is COC(=O)CCc1ccc2c(C)nn(Cc3c(C)cccc3C)c2c1. The molecule has 0 spiro atoms. The van der Waals surface area contributed by atoms with Crippen LogP contribution < -0.4 is 0 Å². The van der Waals surface area contributed by atoms with Gasteiger partial charge < -0.3 is 4.74 Å². The van der Waals surface area contributed by atoms with Gasteiger partial charge in [0.05, 0.1) is 24.9 Å². The number of nitrogens with zero attached hydrogens (tertiary/aromatic N) is 2. The van der Waals surface area contributed by atoms with E-state index in [4.69, 9.17) is 9.84 Å². The number of fused-ring (bicyclic) bond motifs is 1. The molecule has 4 nitrogen and oxygen atoms in total. The predicted molar refractivity (Wildman–Crippen MR) is 99.8 cm³/mol. The summed E-state index contributed by atoms with van der Waals surface area (Å²) in [6.07, 6.45) is 1.07. The van der Waals surface area contributed by atoms with Crippen LogP contribution in [0.4, 0.5) is 0 Å². The molecular formula is C21H24N2O2. The first-order valence-electron chi connectivity index (χ1n) is 8.57. The third kappa shape index (κ3) is 3.58. The molecule has 4 heteroatoms. The quantitative estimate of drug-likeness (QED) is 0.659. The summed E-state index contributed by atoms with van der Waals surface area (Å²) in [5.41, 5.74) is 7.14. The molecule has 0 radical (unpaired) electrons. The van der Waals surface area contributed by atoms with Gasteiger partial charge in [0, 0.05) is 11.8 Å². The highest BCUT2D eigenvalue weighted by atomic mass is 16.5. The topological polar surface area (TPSA) is 44.1 Å². The average molecular weight is 336 g/mol. The van der Waals surface area contributed by atoms with E-state index in [0.29, 0.717) is 12.8 Å². The van der Waals surface area contributed by atoms with E-state index in [-0.39, 0.29) is 5.97 Å².